The van der Waals surface area contributed by atoms with Crippen LogP contribution in [0.4, 0.5) is 5.69 Å². The molecule has 0 aliphatic carbocycles. The van der Waals surface area contributed by atoms with Crippen LogP contribution in [0, 0.1) is 0 Å². The Balaban J connectivity index is 1.95. The molecule has 0 radical (unpaired) electrons. The molecule has 1 aromatic heterocycles. The number of amides is 1. The van der Waals surface area contributed by atoms with Gasteiger partial charge in [-0.2, -0.15) is 0 Å². The SMILES string of the molecule is CCCNc1ccnc(C(=O)NCc2ccc(Br)cc2)c1. The standard InChI is InChI=1S/C16H18BrN3O/c1-2-8-18-14-7-9-19-15(10-14)16(21)20-11-12-3-5-13(17)6-4-12/h3-7,9-10H,2,8,11H2,1H3,(H,18,19)(H,20,21). The van der Waals surface area contributed by atoms with Gasteiger partial charge in [0.15, 0.2) is 0 Å². The van der Waals surface area contributed by atoms with Crippen molar-refractivity contribution in [2.75, 3.05) is 11.9 Å². The Morgan fingerprint density at radius 2 is 2.00 bits per heavy atom. The minimum absolute atomic E-state index is 0.168. The molecule has 2 aromatic rings. The van der Waals surface area contributed by atoms with Gasteiger partial charge in [0, 0.05) is 29.4 Å². The fourth-order valence-corrected chi connectivity index (χ4v) is 2.07. The molecule has 0 bridgehead atoms. The lowest BCUT2D eigenvalue weighted by atomic mass is 10.2. The summed E-state index contributed by atoms with van der Waals surface area (Å²) in [5.41, 5.74) is 2.39. The predicted octanol–water partition coefficient (Wildman–Crippen LogP) is 3.60. The molecule has 0 aliphatic rings. The highest BCUT2D eigenvalue weighted by Gasteiger charge is 2.07. The summed E-state index contributed by atoms with van der Waals surface area (Å²) >= 11 is 3.39. The molecule has 0 saturated heterocycles. The summed E-state index contributed by atoms with van der Waals surface area (Å²) in [5, 5.41) is 6.12. The molecular formula is C16H18BrN3O. The molecule has 1 aromatic carbocycles. The molecule has 110 valence electrons. The van der Waals surface area contributed by atoms with Gasteiger partial charge < -0.3 is 10.6 Å². The molecule has 2 rings (SSSR count). The maximum absolute atomic E-state index is 12.1. The number of rotatable bonds is 6. The van der Waals surface area contributed by atoms with Crippen LogP contribution in [0.5, 0.6) is 0 Å². The van der Waals surface area contributed by atoms with E-state index >= 15 is 0 Å². The summed E-state index contributed by atoms with van der Waals surface area (Å²) in [5.74, 6) is -0.168. The molecule has 0 fully saturated rings. The number of benzene rings is 1. The third-order valence-electron chi connectivity index (χ3n) is 2.94. The van der Waals surface area contributed by atoms with Gasteiger partial charge in [0.05, 0.1) is 0 Å². The smallest absolute Gasteiger partial charge is 0.270 e. The van der Waals surface area contributed by atoms with Crippen LogP contribution in [0.2, 0.25) is 0 Å². The van der Waals surface area contributed by atoms with Crippen molar-refractivity contribution in [1.82, 2.24) is 10.3 Å². The number of hydrogen-bond acceptors (Lipinski definition) is 3. The molecule has 0 aliphatic heterocycles. The number of nitrogens with zero attached hydrogens (tertiary/aromatic N) is 1. The van der Waals surface area contributed by atoms with Crippen molar-refractivity contribution in [3.05, 3.63) is 58.3 Å². The van der Waals surface area contributed by atoms with Crippen LogP contribution in [0.1, 0.15) is 29.4 Å². The highest BCUT2D eigenvalue weighted by Crippen LogP contribution is 2.11. The predicted molar refractivity (Wildman–Crippen MR) is 88.3 cm³/mol. The first-order chi connectivity index (χ1) is 10.2. The van der Waals surface area contributed by atoms with Crippen molar-refractivity contribution in [2.45, 2.75) is 19.9 Å². The first-order valence-electron chi connectivity index (χ1n) is 6.91. The van der Waals surface area contributed by atoms with Gasteiger partial charge in [-0.05, 0) is 36.2 Å². The third-order valence-corrected chi connectivity index (χ3v) is 3.47. The van der Waals surface area contributed by atoms with Crippen LogP contribution < -0.4 is 10.6 Å². The number of aromatic nitrogens is 1. The highest BCUT2D eigenvalue weighted by atomic mass is 79.9. The van der Waals surface area contributed by atoms with Crippen LogP contribution >= 0.6 is 15.9 Å². The maximum atomic E-state index is 12.1. The van der Waals surface area contributed by atoms with Crippen LogP contribution in [-0.2, 0) is 6.54 Å². The van der Waals surface area contributed by atoms with Crippen LogP contribution in [-0.4, -0.2) is 17.4 Å². The number of halogens is 1. The normalized spacial score (nSPS) is 10.2. The monoisotopic (exact) mass is 347 g/mol. The topological polar surface area (TPSA) is 54.0 Å². The number of carbonyl (C=O) groups is 1. The molecule has 0 spiro atoms. The van der Waals surface area contributed by atoms with Gasteiger partial charge in [0.25, 0.3) is 5.91 Å². The van der Waals surface area contributed by atoms with Crippen molar-refractivity contribution >= 4 is 27.5 Å². The Hall–Kier alpha value is -1.88. The molecule has 1 amide bonds. The summed E-state index contributed by atoms with van der Waals surface area (Å²) in [6.07, 6.45) is 2.68. The van der Waals surface area contributed by atoms with E-state index in [1.165, 1.54) is 0 Å². The molecule has 0 saturated carbocycles. The molecule has 5 heteroatoms. The Bertz CT molecular complexity index is 599. The number of anilines is 1. The van der Waals surface area contributed by atoms with Gasteiger partial charge in [-0.25, -0.2) is 0 Å². The largest absolute Gasteiger partial charge is 0.385 e. The van der Waals surface area contributed by atoms with Gasteiger partial charge >= 0.3 is 0 Å². The minimum Gasteiger partial charge on any atom is -0.385 e. The summed E-state index contributed by atoms with van der Waals surface area (Å²) in [4.78, 5) is 16.2. The number of hydrogen-bond donors (Lipinski definition) is 2. The summed E-state index contributed by atoms with van der Waals surface area (Å²) in [6, 6.07) is 11.5. The van der Waals surface area contributed by atoms with Gasteiger partial charge in [0.1, 0.15) is 5.69 Å². The van der Waals surface area contributed by atoms with E-state index in [0.29, 0.717) is 12.2 Å². The molecule has 4 nitrogen and oxygen atoms in total. The number of nitrogens with one attached hydrogen (secondary N) is 2. The number of pyridine rings is 1. The lowest BCUT2D eigenvalue weighted by Gasteiger charge is -2.08. The van der Waals surface area contributed by atoms with Crippen LogP contribution in [0.25, 0.3) is 0 Å². The van der Waals surface area contributed by atoms with E-state index in [-0.39, 0.29) is 5.91 Å². The Kier molecular flexibility index (Phi) is 5.75. The molecule has 1 heterocycles. The Morgan fingerprint density at radius 3 is 2.71 bits per heavy atom. The fourth-order valence-electron chi connectivity index (χ4n) is 1.81. The summed E-state index contributed by atoms with van der Waals surface area (Å²) < 4.78 is 1.02. The van der Waals surface area contributed by atoms with Crippen molar-refractivity contribution in [3.63, 3.8) is 0 Å². The van der Waals surface area contributed by atoms with Gasteiger partial charge in [-0.3, -0.25) is 9.78 Å². The minimum atomic E-state index is -0.168. The molecule has 0 atom stereocenters. The number of carbonyl (C=O) groups excluding carboxylic acids is 1. The lowest BCUT2D eigenvalue weighted by Crippen LogP contribution is -2.23. The van der Waals surface area contributed by atoms with E-state index in [2.05, 4.69) is 38.5 Å². The van der Waals surface area contributed by atoms with Crippen molar-refractivity contribution in [1.29, 1.82) is 0 Å². The average Bonchev–Trinajstić information content (AvgIpc) is 2.52. The van der Waals surface area contributed by atoms with E-state index in [4.69, 9.17) is 0 Å². The zero-order valence-electron chi connectivity index (χ0n) is 11.9. The van der Waals surface area contributed by atoms with Gasteiger partial charge in [-0.1, -0.05) is 35.0 Å². The fraction of sp³-hybridized carbons (Fsp3) is 0.250. The molecule has 0 unspecified atom stereocenters. The Labute approximate surface area is 133 Å². The van der Waals surface area contributed by atoms with E-state index in [1.54, 1.807) is 12.3 Å². The first kappa shape index (κ1) is 15.5. The quantitative estimate of drug-likeness (QED) is 0.839. The lowest BCUT2D eigenvalue weighted by molar-refractivity contribution is 0.0946. The van der Waals surface area contributed by atoms with E-state index < -0.39 is 0 Å². The van der Waals surface area contributed by atoms with Gasteiger partial charge in [0.2, 0.25) is 0 Å². The van der Waals surface area contributed by atoms with Crippen LogP contribution in [0.3, 0.4) is 0 Å². The second kappa shape index (κ2) is 7.78. The van der Waals surface area contributed by atoms with E-state index in [9.17, 15) is 4.79 Å². The Morgan fingerprint density at radius 1 is 1.24 bits per heavy atom. The zero-order valence-corrected chi connectivity index (χ0v) is 13.5. The highest BCUT2D eigenvalue weighted by molar-refractivity contribution is 9.10. The molecule has 2 N–H and O–H groups in total. The average molecular weight is 348 g/mol. The molecular weight excluding hydrogens is 330 g/mol. The van der Waals surface area contributed by atoms with Crippen LogP contribution in [0.15, 0.2) is 47.1 Å². The summed E-state index contributed by atoms with van der Waals surface area (Å²) in [7, 11) is 0. The second-order valence-electron chi connectivity index (χ2n) is 4.67. The van der Waals surface area contributed by atoms with Crippen molar-refractivity contribution in [3.8, 4) is 0 Å². The van der Waals surface area contributed by atoms with E-state index in [0.717, 1.165) is 28.7 Å². The summed E-state index contributed by atoms with van der Waals surface area (Å²) in [6.45, 7) is 3.46. The first-order valence-corrected chi connectivity index (χ1v) is 7.71. The van der Waals surface area contributed by atoms with Crippen molar-refractivity contribution in [2.24, 2.45) is 0 Å². The van der Waals surface area contributed by atoms with Crippen molar-refractivity contribution < 1.29 is 4.79 Å². The second-order valence-corrected chi connectivity index (χ2v) is 5.58. The zero-order chi connectivity index (χ0) is 15.1. The van der Waals surface area contributed by atoms with Gasteiger partial charge in [-0.15, -0.1) is 0 Å². The molecule has 21 heavy (non-hydrogen) atoms. The third kappa shape index (κ3) is 4.86. The maximum Gasteiger partial charge on any atom is 0.270 e. The van der Waals surface area contributed by atoms with E-state index in [1.807, 2.05) is 30.3 Å².